The lowest BCUT2D eigenvalue weighted by molar-refractivity contribution is 0.563. The molecule has 0 amide bonds. The molecule has 0 spiro atoms. The Labute approximate surface area is 110 Å². The Kier molecular flexibility index (Phi) is 3.87. The van der Waals surface area contributed by atoms with E-state index >= 15 is 0 Å². The molecule has 0 aliphatic carbocycles. The van der Waals surface area contributed by atoms with Crippen molar-refractivity contribution in [1.29, 1.82) is 0 Å². The lowest BCUT2D eigenvalue weighted by atomic mass is 10.3. The zero-order chi connectivity index (χ0) is 12.5. The Balaban J connectivity index is 2.27. The molecule has 7 heteroatoms. The second-order valence-corrected chi connectivity index (χ2v) is 7.13. The van der Waals surface area contributed by atoms with Crippen LogP contribution in [0.15, 0.2) is 23.1 Å². The fourth-order valence-electron chi connectivity index (χ4n) is 1.65. The average Bonchev–Trinajstić information content (AvgIpc) is 2.73. The second kappa shape index (κ2) is 5.06. The highest BCUT2D eigenvalue weighted by Gasteiger charge is 2.24. The summed E-state index contributed by atoms with van der Waals surface area (Å²) in [4.78, 5) is 0.0573. The summed E-state index contributed by atoms with van der Waals surface area (Å²) in [5.74, 6) is 1.79. The maximum Gasteiger partial charge on any atom is 0.242 e. The molecule has 1 aliphatic rings. The molecule has 1 saturated heterocycles. The summed E-state index contributed by atoms with van der Waals surface area (Å²) in [6.07, 6.45) is 0.852. The predicted octanol–water partition coefficient (Wildman–Crippen LogP) is 1.71. The molecule has 1 aliphatic heterocycles. The van der Waals surface area contributed by atoms with Crippen molar-refractivity contribution in [2.24, 2.45) is 0 Å². The Bertz CT molecular complexity index is 513. The number of rotatable bonds is 3. The van der Waals surface area contributed by atoms with E-state index in [9.17, 15) is 8.42 Å². The smallest absolute Gasteiger partial charge is 0.242 e. The van der Waals surface area contributed by atoms with Crippen LogP contribution >= 0.6 is 23.4 Å². The average molecular weight is 293 g/mol. The minimum absolute atomic E-state index is 0.0108. The molecule has 17 heavy (non-hydrogen) atoms. The van der Waals surface area contributed by atoms with E-state index in [-0.39, 0.29) is 16.6 Å². The van der Waals surface area contributed by atoms with Gasteiger partial charge in [0.2, 0.25) is 10.0 Å². The summed E-state index contributed by atoms with van der Waals surface area (Å²) in [5, 5.41) is 0.361. The quantitative estimate of drug-likeness (QED) is 0.832. The van der Waals surface area contributed by atoms with Crippen molar-refractivity contribution in [3.63, 3.8) is 0 Å². The molecule has 94 valence electrons. The van der Waals surface area contributed by atoms with Crippen LogP contribution in [0.1, 0.15) is 6.42 Å². The van der Waals surface area contributed by atoms with Crippen molar-refractivity contribution in [3.8, 4) is 0 Å². The van der Waals surface area contributed by atoms with E-state index in [2.05, 4.69) is 4.72 Å². The summed E-state index contributed by atoms with van der Waals surface area (Å²) in [7, 11) is -3.57. The summed E-state index contributed by atoms with van der Waals surface area (Å²) in [6, 6.07) is 4.44. The first-order valence-corrected chi connectivity index (χ1v) is 8.16. The number of nitrogens with two attached hydrogens (primary N) is 1. The lowest BCUT2D eigenvalue weighted by Crippen LogP contribution is -2.34. The molecule has 1 fully saturated rings. The highest BCUT2D eigenvalue weighted by Crippen LogP contribution is 2.24. The minimum Gasteiger partial charge on any atom is -0.398 e. The van der Waals surface area contributed by atoms with E-state index in [0.29, 0.717) is 5.02 Å². The summed E-state index contributed by atoms with van der Waals surface area (Å²) in [6.45, 7) is 0. The summed E-state index contributed by atoms with van der Waals surface area (Å²) < 4.78 is 26.9. The van der Waals surface area contributed by atoms with Gasteiger partial charge >= 0.3 is 0 Å². The van der Waals surface area contributed by atoms with Crippen LogP contribution in [0.25, 0.3) is 0 Å². The molecule has 1 atom stereocenters. The van der Waals surface area contributed by atoms with Gasteiger partial charge in [-0.1, -0.05) is 11.6 Å². The third kappa shape index (κ3) is 3.07. The van der Waals surface area contributed by atoms with Crippen LogP contribution in [-0.2, 0) is 10.0 Å². The van der Waals surface area contributed by atoms with Gasteiger partial charge in [0.15, 0.2) is 0 Å². The van der Waals surface area contributed by atoms with Gasteiger partial charge in [0, 0.05) is 16.8 Å². The maximum absolute atomic E-state index is 12.1. The van der Waals surface area contributed by atoms with Crippen molar-refractivity contribution in [3.05, 3.63) is 23.2 Å². The molecule has 0 radical (unpaired) electrons. The Hall–Kier alpha value is -0.430. The Morgan fingerprint density at radius 1 is 1.47 bits per heavy atom. The highest BCUT2D eigenvalue weighted by atomic mass is 35.5. The highest BCUT2D eigenvalue weighted by molar-refractivity contribution is 7.99. The molecule has 0 aromatic heterocycles. The first kappa shape index (κ1) is 13.0. The van der Waals surface area contributed by atoms with Gasteiger partial charge in [0.1, 0.15) is 4.90 Å². The van der Waals surface area contributed by atoms with Crippen LogP contribution in [-0.4, -0.2) is 26.0 Å². The molecule has 3 N–H and O–H groups in total. The molecule has 1 heterocycles. The number of sulfonamides is 1. The number of hydrogen-bond acceptors (Lipinski definition) is 4. The number of anilines is 1. The van der Waals surface area contributed by atoms with Gasteiger partial charge in [-0.3, -0.25) is 0 Å². The van der Waals surface area contributed by atoms with Crippen LogP contribution in [0.3, 0.4) is 0 Å². The molecule has 1 aromatic rings. The number of nitrogen functional groups attached to an aromatic ring is 1. The zero-order valence-electron chi connectivity index (χ0n) is 9.02. The largest absolute Gasteiger partial charge is 0.398 e. The van der Waals surface area contributed by atoms with Gasteiger partial charge < -0.3 is 5.73 Å². The van der Waals surface area contributed by atoms with Crippen LogP contribution in [0.5, 0.6) is 0 Å². The number of hydrogen-bond donors (Lipinski definition) is 2. The monoisotopic (exact) mass is 292 g/mol. The molecule has 2 rings (SSSR count). The maximum atomic E-state index is 12.1. The lowest BCUT2D eigenvalue weighted by Gasteiger charge is -2.13. The van der Waals surface area contributed by atoms with Crippen LogP contribution in [0.2, 0.25) is 5.02 Å². The van der Waals surface area contributed by atoms with Crippen molar-refractivity contribution in [2.75, 3.05) is 17.2 Å². The Morgan fingerprint density at radius 3 is 2.88 bits per heavy atom. The van der Waals surface area contributed by atoms with Crippen LogP contribution < -0.4 is 10.5 Å². The van der Waals surface area contributed by atoms with Gasteiger partial charge in [0.05, 0.1) is 5.69 Å². The molecule has 0 saturated carbocycles. The van der Waals surface area contributed by atoms with Crippen molar-refractivity contribution >= 4 is 39.1 Å². The standard InChI is InChI=1S/C10H13ClN2O2S2/c11-7-1-2-9(12)10(5-7)17(14,15)13-8-3-4-16-6-8/h1-2,5,8,13H,3-4,6,12H2. The summed E-state index contributed by atoms with van der Waals surface area (Å²) in [5.41, 5.74) is 5.88. The third-order valence-electron chi connectivity index (χ3n) is 2.52. The second-order valence-electron chi connectivity index (χ2n) is 3.86. The van der Waals surface area contributed by atoms with Gasteiger partial charge in [-0.2, -0.15) is 11.8 Å². The number of thioether (sulfide) groups is 1. The van der Waals surface area contributed by atoms with Gasteiger partial charge in [-0.05, 0) is 30.4 Å². The third-order valence-corrected chi connectivity index (χ3v) is 5.49. The normalized spacial score (nSPS) is 20.6. The van der Waals surface area contributed by atoms with E-state index in [4.69, 9.17) is 17.3 Å². The Morgan fingerprint density at radius 2 is 2.24 bits per heavy atom. The van der Waals surface area contributed by atoms with Crippen molar-refractivity contribution in [1.82, 2.24) is 4.72 Å². The number of benzene rings is 1. The van der Waals surface area contributed by atoms with Gasteiger partial charge in [0.25, 0.3) is 0 Å². The first-order valence-electron chi connectivity index (χ1n) is 5.14. The van der Waals surface area contributed by atoms with E-state index in [0.717, 1.165) is 17.9 Å². The fraction of sp³-hybridized carbons (Fsp3) is 0.400. The molecule has 1 aromatic carbocycles. The molecular weight excluding hydrogens is 280 g/mol. The van der Waals surface area contributed by atoms with E-state index < -0.39 is 10.0 Å². The zero-order valence-corrected chi connectivity index (χ0v) is 11.4. The van der Waals surface area contributed by atoms with Crippen LogP contribution in [0, 0.1) is 0 Å². The summed E-state index contributed by atoms with van der Waals surface area (Å²) >= 11 is 7.53. The van der Waals surface area contributed by atoms with E-state index in [1.807, 2.05) is 0 Å². The minimum atomic E-state index is -3.57. The number of halogens is 1. The topological polar surface area (TPSA) is 72.2 Å². The molecule has 1 unspecified atom stereocenters. The fourth-order valence-corrected chi connectivity index (χ4v) is 4.57. The molecule has 0 bridgehead atoms. The van der Waals surface area contributed by atoms with E-state index in [1.54, 1.807) is 17.8 Å². The van der Waals surface area contributed by atoms with E-state index in [1.165, 1.54) is 12.1 Å². The molecule has 4 nitrogen and oxygen atoms in total. The first-order chi connectivity index (χ1) is 7.99. The van der Waals surface area contributed by atoms with Gasteiger partial charge in [-0.25, -0.2) is 13.1 Å². The predicted molar refractivity (Wildman–Crippen MR) is 71.9 cm³/mol. The van der Waals surface area contributed by atoms with Gasteiger partial charge in [-0.15, -0.1) is 0 Å². The van der Waals surface area contributed by atoms with Crippen LogP contribution in [0.4, 0.5) is 5.69 Å². The van der Waals surface area contributed by atoms with Crippen molar-refractivity contribution in [2.45, 2.75) is 17.4 Å². The molecular formula is C10H13ClN2O2S2. The SMILES string of the molecule is Nc1ccc(Cl)cc1S(=O)(=O)NC1CCSC1. The number of nitrogens with one attached hydrogen (secondary N) is 1. The van der Waals surface area contributed by atoms with Crippen molar-refractivity contribution < 1.29 is 8.42 Å².